The zero-order valence-corrected chi connectivity index (χ0v) is 11.4. The third kappa shape index (κ3) is 3.78. The Labute approximate surface area is 114 Å². The predicted molar refractivity (Wildman–Crippen MR) is 70.4 cm³/mol. The highest BCUT2D eigenvalue weighted by atomic mass is 79.9. The van der Waals surface area contributed by atoms with Crippen LogP contribution in [0.4, 0.5) is 0 Å². The molecule has 98 valence electrons. The summed E-state index contributed by atoms with van der Waals surface area (Å²) in [6.07, 6.45) is 4.20. The molecule has 0 bridgehead atoms. The Balaban J connectivity index is 1.86. The molecule has 0 unspecified atom stereocenters. The summed E-state index contributed by atoms with van der Waals surface area (Å²) in [6, 6.07) is 3.83. The van der Waals surface area contributed by atoms with Gasteiger partial charge in [0.05, 0.1) is 18.0 Å². The monoisotopic (exact) mass is 314 g/mol. The molecule has 6 heteroatoms. The lowest BCUT2D eigenvalue weighted by molar-refractivity contribution is -0.0125. The van der Waals surface area contributed by atoms with Gasteiger partial charge in [-0.3, -0.25) is 15.3 Å². The second-order valence-electron chi connectivity index (χ2n) is 3.85. The highest BCUT2D eigenvalue weighted by Crippen LogP contribution is 2.18. The van der Waals surface area contributed by atoms with Gasteiger partial charge < -0.3 is 9.84 Å². The maximum Gasteiger partial charge on any atom is 0.129 e. The molecule has 0 saturated carbocycles. The molecule has 5 nitrogen and oxygen atoms in total. The first-order valence-corrected chi connectivity index (χ1v) is 6.53. The van der Waals surface area contributed by atoms with Gasteiger partial charge in [-0.05, 0) is 40.6 Å². The minimum atomic E-state index is -0.121. The summed E-state index contributed by atoms with van der Waals surface area (Å²) >= 11 is 3.34. The third-order valence-electron chi connectivity index (χ3n) is 2.41. The number of hydrogen-bond acceptors (Lipinski definition) is 5. The van der Waals surface area contributed by atoms with E-state index in [1.165, 1.54) is 0 Å². The van der Waals surface area contributed by atoms with Crippen LogP contribution in [0.5, 0.6) is 0 Å². The highest BCUT2D eigenvalue weighted by Gasteiger charge is 2.18. The first kappa shape index (κ1) is 13.5. The second kappa shape index (κ2) is 6.84. The van der Waals surface area contributed by atoms with Crippen LogP contribution in [-0.4, -0.2) is 36.0 Å². The molecule has 0 saturated heterocycles. The van der Waals surface area contributed by atoms with Crippen LogP contribution in [0.3, 0.4) is 0 Å². The van der Waals surface area contributed by atoms with Gasteiger partial charge in [-0.2, -0.15) is 0 Å². The van der Waals surface area contributed by atoms with E-state index in [0.717, 1.165) is 15.9 Å². The standard InChI is InChI=1S/C12H15BrN2O3/c13-9-2-3-11(14-7-9)12-6-10(18-15-12)8-17-5-1-4-16/h2-3,6-7,10,15-16H,1,4-5,8H2/t10-/m0/s1. The Hall–Kier alpha value is -0.950. The van der Waals surface area contributed by atoms with E-state index in [1.54, 1.807) is 6.20 Å². The van der Waals surface area contributed by atoms with Crippen molar-refractivity contribution in [2.24, 2.45) is 0 Å². The van der Waals surface area contributed by atoms with Crippen molar-refractivity contribution >= 4 is 21.6 Å². The number of aliphatic hydroxyl groups excluding tert-OH is 1. The third-order valence-corrected chi connectivity index (χ3v) is 2.87. The van der Waals surface area contributed by atoms with Crippen molar-refractivity contribution in [1.29, 1.82) is 0 Å². The van der Waals surface area contributed by atoms with Crippen LogP contribution < -0.4 is 5.48 Å². The summed E-state index contributed by atoms with van der Waals surface area (Å²) in [6.45, 7) is 1.15. The predicted octanol–water partition coefficient (Wildman–Crippen LogP) is 1.49. The molecule has 18 heavy (non-hydrogen) atoms. The number of aromatic nitrogens is 1. The Bertz CT molecular complexity index is 408. The van der Waals surface area contributed by atoms with Crippen LogP contribution in [-0.2, 0) is 9.57 Å². The van der Waals surface area contributed by atoms with E-state index in [2.05, 4.69) is 26.4 Å². The Kier molecular flexibility index (Phi) is 5.12. The molecule has 1 aromatic heterocycles. The summed E-state index contributed by atoms with van der Waals surface area (Å²) in [5.74, 6) is 0. The highest BCUT2D eigenvalue weighted by molar-refractivity contribution is 9.10. The molecule has 2 heterocycles. The molecule has 0 aromatic carbocycles. The smallest absolute Gasteiger partial charge is 0.129 e. The van der Waals surface area contributed by atoms with Crippen LogP contribution in [0, 0.1) is 0 Å². The molecule has 1 aromatic rings. The SMILES string of the molecule is OCCCOC[C@@H]1C=C(c2ccc(Br)cn2)NO1. The zero-order chi connectivity index (χ0) is 12.8. The van der Waals surface area contributed by atoms with E-state index in [1.807, 2.05) is 18.2 Å². The number of hydrogen-bond donors (Lipinski definition) is 2. The Morgan fingerprint density at radius 1 is 1.50 bits per heavy atom. The number of aliphatic hydroxyl groups is 1. The quantitative estimate of drug-likeness (QED) is 0.779. The van der Waals surface area contributed by atoms with Crippen molar-refractivity contribution in [2.45, 2.75) is 12.5 Å². The largest absolute Gasteiger partial charge is 0.396 e. The van der Waals surface area contributed by atoms with Crippen molar-refractivity contribution in [3.05, 3.63) is 34.6 Å². The average molecular weight is 315 g/mol. The van der Waals surface area contributed by atoms with Gasteiger partial charge in [-0.1, -0.05) is 0 Å². The van der Waals surface area contributed by atoms with Gasteiger partial charge in [-0.15, -0.1) is 0 Å². The Morgan fingerprint density at radius 3 is 3.11 bits per heavy atom. The number of nitrogens with zero attached hydrogens (tertiary/aromatic N) is 1. The van der Waals surface area contributed by atoms with E-state index in [4.69, 9.17) is 14.7 Å². The molecule has 2 rings (SSSR count). The van der Waals surface area contributed by atoms with E-state index >= 15 is 0 Å². The van der Waals surface area contributed by atoms with Gasteiger partial charge in [0, 0.05) is 23.9 Å². The maximum absolute atomic E-state index is 8.62. The van der Waals surface area contributed by atoms with Crippen LogP contribution in [0.1, 0.15) is 12.1 Å². The number of halogens is 1. The minimum absolute atomic E-state index is 0.121. The maximum atomic E-state index is 8.62. The van der Waals surface area contributed by atoms with Gasteiger partial charge in [0.2, 0.25) is 0 Å². The lowest BCUT2D eigenvalue weighted by Crippen LogP contribution is -2.18. The van der Waals surface area contributed by atoms with E-state index in [0.29, 0.717) is 19.6 Å². The van der Waals surface area contributed by atoms with Gasteiger partial charge in [0.1, 0.15) is 6.10 Å². The van der Waals surface area contributed by atoms with E-state index in [9.17, 15) is 0 Å². The molecule has 0 aliphatic carbocycles. The lowest BCUT2D eigenvalue weighted by Gasteiger charge is -2.07. The molecule has 1 aliphatic heterocycles. The molecule has 1 atom stereocenters. The van der Waals surface area contributed by atoms with Crippen LogP contribution in [0.2, 0.25) is 0 Å². The van der Waals surface area contributed by atoms with Crippen molar-refractivity contribution in [3.8, 4) is 0 Å². The van der Waals surface area contributed by atoms with Gasteiger partial charge in [-0.25, -0.2) is 0 Å². The fraction of sp³-hybridized carbons (Fsp3) is 0.417. The second-order valence-corrected chi connectivity index (χ2v) is 4.77. The van der Waals surface area contributed by atoms with Crippen LogP contribution in [0.25, 0.3) is 5.70 Å². The number of pyridine rings is 1. The minimum Gasteiger partial charge on any atom is -0.396 e. The van der Waals surface area contributed by atoms with E-state index in [-0.39, 0.29) is 12.7 Å². The summed E-state index contributed by atoms with van der Waals surface area (Å²) in [4.78, 5) is 9.62. The fourth-order valence-corrected chi connectivity index (χ4v) is 1.75. The summed E-state index contributed by atoms with van der Waals surface area (Å²) in [7, 11) is 0. The zero-order valence-electron chi connectivity index (χ0n) is 9.80. The summed E-state index contributed by atoms with van der Waals surface area (Å²) in [5.41, 5.74) is 4.51. The van der Waals surface area contributed by atoms with Crippen LogP contribution in [0.15, 0.2) is 28.9 Å². The molecule has 2 N–H and O–H groups in total. The first-order chi connectivity index (χ1) is 8.79. The van der Waals surface area contributed by atoms with Crippen molar-refractivity contribution in [3.63, 3.8) is 0 Å². The molecule has 1 aliphatic rings. The van der Waals surface area contributed by atoms with Crippen molar-refractivity contribution < 1.29 is 14.7 Å². The molecular weight excluding hydrogens is 300 g/mol. The van der Waals surface area contributed by atoms with Gasteiger partial charge in [0.25, 0.3) is 0 Å². The van der Waals surface area contributed by atoms with Crippen LogP contribution >= 0.6 is 15.9 Å². The number of nitrogens with one attached hydrogen (secondary N) is 1. The molecule has 0 fully saturated rings. The number of ether oxygens (including phenoxy) is 1. The van der Waals surface area contributed by atoms with Crippen molar-refractivity contribution in [2.75, 3.05) is 19.8 Å². The van der Waals surface area contributed by atoms with E-state index < -0.39 is 0 Å². The van der Waals surface area contributed by atoms with Crippen molar-refractivity contribution in [1.82, 2.24) is 10.5 Å². The number of rotatable bonds is 6. The normalized spacial score (nSPS) is 18.6. The average Bonchev–Trinajstić information content (AvgIpc) is 2.84. The summed E-state index contributed by atoms with van der Waals surface area (Å²) in [5, 5.41) is 8.62. The van der Waals surface area contributed by atoms with Gasteiger partial charge >= 0.3 is 0 Å². The molecular formula is C12H15BrN2O3. The first-order valence-electron chi connectivity index (χ1n) is 5.73. The molecule has 0 amide bonds. The topological polar surface area (TPSA) is 63.6 Å². The lowest BCUT2D eigenvalue weighted by atomic mass is 10.2. The molecule has 0 spiro atoms. The molecule has 0 radical (unpaired) electrons. The Morgan fingerprint density at radius 2 is 2.39 bits per heavy atom. The number of hydroxylamine groups is 1. The van der Waals surface area contributed by atoms with Gasteiger partial charge in [0.15, 0.2) is 0 Å². The fourth-order valence-electron chi connectivity index (χ4n) is 1.51. The summed E-state index contributed by atoms with van der Waals surface area (Å²) < 4.78 is 6.30.